The van der Waals surface area contributed by atoms with Crippen molar-refractivity contribution >= 4 is 33.7 Å². The zero-order valence-electron chi connectivity index (χ0n) is 11.6. The minimum atomic E-state index is -1.48. The molecule has 2 aromatic rings. The normalized spacial score (nSPS) is 20.4. The van der Waals surface area contributed by atoms with Gasteiger partial charge in [-0.1, -0.05) is 28.1 Å². The van der Waals surface area contributed by atoms with Gasteiger partial charge in [-0.3, -0.25) is 4.79 Å². The van der Waals surface area contributed by atoms with Gasteiger partial charge >= 0.3 is 0 Å². The molecule has 0 fully saturated rings. The Morgan fingerprint density at radius 1 is 1.27 bits per heavy atom. The van der Waals surface area contributed by atoms with Crippen LogP contribution in [0.4, 0.5) is 5.69 Å². The highest BCUT2D eigenvalue weighted by molar-refractivity contribution is 9.10. The van der Waals surface area contributed by atoms with E-state index in [2.05, 4.69) is 21.0 Å². The molecular weight excluding hydrogens is 346 g/mol. The van der Waals surface area contributed by atoms with Crippen LogP contribution in [0.3, 0.4) is 0 Å². The number of halogens is 1. The first-order valence-electron chi connectivity index (χ1n) is 6.72. The van der Waals surface area contributed by atoms with Crippen LogP contribution in [0.5, 0.6) is 0 Å². The SMILES string of the molecule is Nc1ccc(C(=O)N2N=CC[C@]2(O)c2cccc(Br)c2)cc1. The van der Waals surface area contributed by atoms with Crippen LogP contribution < -0.4 is 5.73 Å². The van der Waals surface area contributed by atoms with Crippen LogP contribution >= 0.6 is 15.9 Å². The van der Waals surface area contributed by atoms with Gasteiger partial charge in [0.05, 0.1) is 0 Å². The topological polar surface area (TPSA) is 78.9 Å². The first-order chi connectivity index (χ1) is 10.5. The number of nitrogens with zero attached hydrogens (tertiary/aromatic N) is 2. The second-order valence-corrected chi connectivity index (χ2v) is 5.98. The average Bonchev–Trinajstić information content (AvgIpc) is 2.90. The summed E-state index contributed by atoms with van der Waals surface area (Å²) in [6, 6.07) is 13.7. The number of nitrogens with two attached hydrogens (primary N) is 1. The molecule has 0 aromatic heterocycles. The monoisotopic (exact) mass is 359 g/mol. The number of hydrazone groups is 1. The molecule has 0 spiro atoms. The third-order valence-electron chi connectivity index (χ3n) is 3.56. The van der Waals surface area contributed by atoms with Crippen molar-refractivity contribution < 1.29 is 9.90 Å². The summed E-state index contributed by atoms with van der Waals surface area (Å²) in [6.07, 6.45) is 1.78. The van der Waals surface area contributed by atoms with Gasteiger partial charge in [0.25, 0.3) is 5.91 Å². The second-order valence-electron chi connectivity index (χ2n) is 5.07. The fourth-order valence-electron chi connectivity index (χ4n) is 2.38. The molecule has 1 aliphatic rings. The molecule has 22 heavy (non-hydrogen) atoms. The van der Waals surface area contributed by atoms with Crippen molar-refractivity contribution in [3.8, 4) is 0 Å². The van der Waals surface area contributed by atoms with E-state index in [1.165, 1.54) is 6.21 Å². The minimum Gasteiger partial charge on any atom is -0.399 e. The third kappa shape index (κ3) is 2.51. The summed E-state index contributed by atoms with van der Waals surface area (Å²) in [7, 11) is 0. The van der Waals surface area contributed by atoms with Crippen LogP contribution in [0.2, 0.25) is 0 Å². The van der Waals surface area contributed by atoms with E-state index >= 15 is 0 Å². The number of hydrogen-bond acceptors (Lipinski definition) is 4. The van der Waals surface area contributed by atoms with E-state index in [0.29, 0.717) is 16.8 Å². The molecule has 0 unspecified atom stereocenters. The molecule has 1 aliphatic heterocycles. The number of rotatable bonds is 2. The van der Waals surface area contributed by atoms with Gasteiger partial charge in [-0.2, -0.15) is 10.1 Å². The van der Waals surface area contributed by atoms with Crippen molar-refractivity contribution in [2.75, 3.05) is 5.73 Å². The van der Waals surface area contributed by atoms with E-state index in [0.717, 1.165) is 9.48 Å². The van der Waals surface area contributed by atoms with E-state index in [9.17, 15) is 9.90 Å². The molecule has 0 saturated heterocycles. The smallest absolute Gasteiger partial charge is 0.276 e. The molecule has 3 N–H and O–H groups in total. The lowest BCUT2D eigenvalue weighted by molar-refractivity contribution is -0.0764. The molecule has 3 rings (SSSR count). The van der Waals surface area contributed by atoms with Crippen molar-refractivity contribution in [2.45, 2.75) is 12.1 Å². The predicted molar refractivity (Wildman–Crippen MR) is 88.2 cm³/mol. The summed E-state index contributed by atoms with van der Waals surface area (Å²) in [6.45, 7) is 0. The van der Waals surface area contributed by atoms with Crippen LogP contribution in [-0.4, -0.2) is 22.2 Å². The van der Waals surface area contributed by atoms with Gasteiger partial charge in [-0.15, -0.1) is 0 Å². The number of anilines is 1. The van der Waals surface area contributed by atoms with E-state index in [-0.39, 0.29) is 12.3 Å². The van der Waals surface area contributed by atoms with Crippen LogP contribution in [0, 0.1) is 0 Å². The maximum absolute atomic E-state index is 12.6. The number of amides is 1. The Labute approximate surface area is 136 Å². The summed E-state index contributed by atoms with van der Waals surface area (Å²) in [5.41, 5.74) is 5.74. The first kappa shape index (κ1) is 14.7. The number of aliphatic hydroxyl groups is 1. The van der Waals surface area contributed by atoms with Crippen LogP contribution in [-0.2, 0) is 5.72 Å². The third-order valence-corrected chi connectivity index (χ3v) is 4.05. The van der Waals surface area contributed by atoms with Gasteiger partial charge < -0.3 is 10.8 Å². The van der Waals surface area contributed by atoms with Crippen molar-refractivity contribution in [1.29, 1.82) is 0 Å². The Morgan fingerprint density at radius 3 is 2.68 bits per heavy atom. The first-order valence-corrected chi connectivity index (χ1v) is 7.51. The Hall–Kier alpha value is -2.18. The van der Waals surface area contributed by atoms with E-state index < -0.39 is 5.72 Å². The summed E-state index contributed by atoms with van der Waals surface area (Å²) in [5, 5.41) is 16.1. The quantitative estimate of drug-likeness (QED) is 0.809. The van der Waals surface area contributed by atoms with Gasteiger partial charge in [0.2, 0.25) is 0 Å². The molecular formula is C16H14BrN3O2. The minimum absolute atomic E-state index is 0.240. The molecule has 2 aromatic carbocycles. The lowest BCUT2D eigenvalue weighted by atomic mass is 9.99. The van der Waals surface area contributed by atoms with Crippen molar-refractivity contribution in [3.05, 3.63) is 64.1 Å². The van der Waals surface area contributed by atoms with Crippen molar-refractivity contribution in [1.82, 2.24) is 5.01 Å². The average molecular weight is 360 g/mol. The Kier molecular flexibility index (Phi) is 3.72. The zero-order chi connectivity index (χ0) is 15.7. The molecule has 112 valence electrons. The van der Waals surface area contributed by atoms with Crippen LogP contribution in [0.1, 0.15) is 22.3 Å². The Morgan fingerprint density at radius 2 is 2.00 bits per heavy atom. The lowest BCUT2D eigenvalue weighted by Gasteiger charge is -2.31. The van der Waals surface area contributed by atoms with Crippen molar-refractivity contribution in [2.24, 2.45) is 5.10 Å². The van der Waals surface area contributed by atoms with E-state index in [1.54, 1.807) is 36.4 Å². The molecule has 0 saturated carbocycles. The summed E-state index contributed by atoms with van der Waals surface area (Å²) < 4.78 is 0.824. The summed E-state index contributed by atoms with van der Waals surface area (Å²) in [4.78, 5) is 12.6. The molecule has 0 radical (unpaired) electrons. The van der Waals surface area contributed by atoms with Gasteiger partial charge in [-0.25, -0.2) is 0 Å². The van der Waals surface area contributed by atoms with Gasteiger partial charge in [0.1, 0.15) is 0 Å². The number of nitrogen functional groups attached to an aromatic ring is 1. The predicted octanol–water partition coefficient (Wildman–Crippen LogP) is 2.71. The van der Waals surface area contributed by atoms with Gasteiger partial charge in [0.15, 0.2) is 5.72 Å². The largest absolute Gasteiger partial charge is 0.399 e. The molecule has 0 aliphatic carbocycles. The molecule has 1 atom stereocenters. The maximum Gasteiger partial charge on any atom is 0.276 e. The fraction of sp³-hybridized carbons (Fsp3) is 0.125. The van der Waals surface area contributed by atoms with E-state index in [1.807, 2.05) is 12.1 Å². The highest BCUT2D eigenvalue weighted by Crippen LogP contribution is 2.35. The molecule has 5 nitrogen and oxygen atoms in total. The fourth-order valence-corrected chi connectivity index (χ4v) is 2.78. The zero-order valence-corrected chi connectivity index (χ0v) is 13.2. The number of benzene rings is 2. The molecule has 6 heteroatoms. The number of carbonyl (C=O) groups excluding carboxylic acids is 1. The standard InChI is InChI=1S/C16H14BrN3O2/c17-13-3-1-2-12(10-13)16(22)8-9-19-20(16)15(21)11-4-6-14(18)7-5-11/h1-7,9-10,22H,8,18H2/t16-/m0/s1. The van der Waals surface area contributed by atoms with E-state index in [4.69, 9.17) is 5.73 Å². The second kappa shape index (κ2) is 5.55. The molecule has 0 bridgehead atoms. The van der Waals surface area contributed by atoms with Gasteiger partial charge in [-0.05, 0) is 36.4 Å². The summed E-state index contributed by atoms with van der Waals surface area (Å²) >= 11 is 3.37. The van der Waals surface area contributed by atoms with Crippen molar-refractivity contribution in [3.63, 3.8) is 0 Å². The summed E-state index contributed by atoms with van der Waals surface area (Å²) in [5.74, 6) is -0.378. The molecule has 1 heterocycles. The highest BCUT2D eigenvalue weighted by atomic mass is 79.9. The van der Waals surface area contributed by atoms with Crippen LogP contribution in [0.25, 0.3) is 0 Å². The number of carbonyl (C=O) groups is 1. The lowest BCUT2D eigenvalue weighted by Crippen LogP contribution is -2.43. The Balaban J connectivity index is 1.97. The highest BCUT2D eigenvalue weighted by Gasteiger charge is 2.43. The van der Waals surface area contributed by atoms with Gasteiger partial charge in [0, 0.05) is 33.9 Å². The molecule has 1 amide bonds. The Bertz CT molecular complexity index is 745. The van der Waals surface area contributed by atoms with Crippen LogP contribution in [0.15, 0.2) is 58.1 Å². The number of hydrogen-bond donors (Lipinski definition) is 2. The maximum atomic E-state index is 12.6.